The third-order valence-electron chi connectivity index (χ3n) is 4.83. The van der Waals surface area contributed by atoms with E-state index in [2.05, 4.69) is 5.32 Å². The van der Waals surface area contributed by atoms with Crippen molar-refractivity contribution >= 4 is 17.7 Å². The first kappa shape index (κ1) is 15.9. The number of rotatable bonds is 7. The summed E-state index contributed by atoms with van der Waals surface area (Å²) >= 11 is 1.77. The standard InChI is InChI=1S/C18H25NO2S/c20-17(12-22-16-8-4-5-9-16)19-13-18(21,15-10-11-15)14-6-2-1-3-7-14/h1-3,6-7,15-16,21H,4-5,8-13H2,(H,19,20)/t18-/m1/s1. The van der Waals surface area contributed by atoms with E-state index in [1.807, 2.05) is 30.3 Å². The van der Waals surface area contributed by atoms with Crippen LogP contribution in [0.15, 0.2) is 30.3 Å². The van der Waals surface area contributed by atoms with Gasteiger partial charge in [0.25, 0.3) is 0 Å². The van der Waals surface area contributed by atoms with Crippen molar-refractivity contribution in [3.05, 3.63) is 35.9 Å². The quantitative estimate of drug-likeness (QED) is 0.812. The minimum atomic E-state index is -0.908. The second-order valence-corrected chi connectivity index (χ2v) is 7.85. The normalized spacial score (nSPS) is 21.5. The van der Waals surface area contributed by atoms with Crippen molar-refractivity contribution in [2.45, 2.75) is 49.4 Å². The molecule has 0 heterocycles. The Labute approximate surface area is 136 Å². The van der Waals surface area contributed by atoms with E-state index in [9.17, 15) is 9.90 Å². The minimum absolute atomic E-state index is 0.0481. The van der Waals surface area contributed by atoms with E-state index in [-0.39, 0.29) is 11.8 Å². The van der Waals surface area contributed by atoms with E-state index in [0.29, 0.717) is 17.5 Å². The van der Waals surface area contributed by atoms with Gasteiger partial charge < -0.3 is 10.4 Å². The zero-order valence-electron chi connectivity index (χ0n) is 13.0. The Morgan fingerprint density at radius 1 is 1.18 bits per heavy atom. The summed E-state index contributed by atoms with van der Waals surface area (Å²) in [5, 5.41) is 14.6. The molecule has 2 N–H and O–H groups in total. The number of benzene rings is 1. The van der Waals surface area contributed by atoms with Gasteiger partial charge in [0.15, 0.2) is 0 Å². The van der Waals surface area contributed by atoms with Crippen LogP contribution in [0.3, 0.4) is 0 Å². The largest absolute Gasteiger partial charge is 0.383 e. The maximum absolute atomic E-state index is 12.1. The number of amides is 1. The number of hydrogen-bond donors (Lipinski definition) is 2. The molecule has 120 valence electrons. The van der Waals surface area contributed by atoms with Crippen LogP contribution in [0.2, 0.25) is 0 Å². The first-order chi connectivity index (χ1) is 10.7. The van der Waals surface area contributed by atoms with Gasteiger partial charge >= 0.3 is 0 Å². The van der Waals surface area contributed by atoms with Gasteiger partial charge in [-0.2, -0.15) is 0 Å². The van der Waals surface area contributed by atoms with Gasteiger partial charge in [0.1, 0.15) is 5.60 Å². The average molecular weight is 319 g/mol. The Kier molecular flexibility index (Phi) is 5.09. The van der Waals surface area contributed by atoms with Crippen molar-refractivity contribution in [3.8, 4) is 0 Å². The summed E-state index contributed by atoms with van der Waals surface area (Å²) in [4.78, 5) is 12.1. The summed E-state index contributed by atoms with van der Waals surface area (Å²) in [6.07, 6.45) is 7.17. The molecule has 0 aliphatic heterocycles. The third kappa shape index (κ3) is 3.85. The number of thioether (sulfide) groups is 1. The van der Waals surface area contributed by atoms with Crippen LogP contribution >= 0.6 is 11.8 Å². The van der Waals surface area contributed by atoms with Crippen molar-refractivity contribution in [1.29, 1.82) is 0 Å². The maximum Gasteiger partial charge on any atom is 0.230 e. The highest BCUT2D eigenvalue weighted by molar-refractivity contribution is 8.00. The summed E-state index contributed by atoms with van der Waals surface area (Å²) in [6, 6.07) is 9.75. The molecule has 0 radical (unpaired) electrons. The minimum Gasteiger partial charge on any atom is -0.383 e. The molecule has 2 fully saturated rings. The second-order valence-electron chi connectivity index (χ2n) is 6.56. The molecule has 1 atom stereocenters. The summed E-state index contributed by atoms with van der Waals surface area (Å²) < 4.78 is 0. The van der Waals surface area contributed by atoms with Gasteiger partial charge in [-0.1, -0.05) is 43.2 Å². The summed E-state index contributed by atoms with van der Waals surface area (Å²) in [7, 11) is 0. The summed E-state index contributed by atoms with van der Waals surface area (Å²) in [5.41, 5.74) is 0.0100. The molecule has 0 aromatic heterocycles. The van der Waals surface area contributed by atoms with E-state index in [1.54, 1.807) is 11.8 Å². The van der Waals surface area contributed by atoms with Gasteiger partial charge in [0.05, 0.1) is 12.3 Å². The lowest BCUT2D eigenvalue weighted by molar-refractivity contribution is -0.120. The molecule has 2 aliphatic carbocycles. The molecule has 1 amide bonds. The second kappa shape index (κ2) is 7.05. The van der Waals surface area contributed by atoms with E-state index in [0.717, 1.165) is 18.4 Å². The fourth-order valence-electron chi connectivity index (χ4n) is 3.30. The number of hydrogen-bond acceptors (Lipinski definition) is 3. The van der Waals surface area contributed by atoms with E-state index in [1.165, 1.54) is 25.7 Å². The Hall–Kier alpha value is -1.00. The first-order valence-corrected chi connectivity index (χ1v) is 9.39. The highest BCUT2D eigenvalue weighted by Gasteiger charge is 2.45. The molecule has 3 nitrogen and oxygen atoms in total. The van der Waals surface area contributed by atoms with Gasteiger partial charge in [0, 0.05) is 5.25 Å². The zero-order chi connectivity index (χ0) is 15.4. The van der Waals surface area contributed by atoms with Crippen LogP contribution in [0.1, 0.15) is 44.1 Å². The molecule has 1 aromatic carbocycles. The van der Waals surface area contributed by atoms with Gasteiger partial charge in [-0.3, -0.25) is 4.79 Å². The van der Waals surface area contributed by atoms with Crippen LogP contribution < -0.4 is 5.32 Å². The lowest BCUT2D eigenvalue weighted by Crippen LogP contribution is -2.43. The zero-order valence-corrected chi connectivity index (χ0v) is 13.8. The molecule has 22 heavy (non-hydrogen) atoms. The molecule has 0 unspecified atom stereocenters. The summed E-state index contributed by atoms with van der Waals surface area (Å²) in [5.74, 6) is 0.838. The van der Waals surface area contributed by atoms with Crippen molar-refractivity contribution in [2.75, 3.05) is 12.3 Å². The topological polar surface area (TPSA) is 49.3 Å². The van der Waals surface area contributed by atoms with Crippen molar-refractivity contribution in [1.82, 2.24) is 5.32 Å². The number of carbonyl (C=O) groups excluding carboxylic acids is 1. The average Bonchev–Trinajstić information content (AvgIpc) is 3.29. The summed E-state index contributed by atoms with van der Waals surface area (Å²) in [6.45, 7) is 0.325. The Bertz CT molecular complexity index is 497. The molecule has 3 rings (SSSR count). The molecule has 0 saturated heterocycles. The van der Waals surface area contributed by atoms with Crippen LogP contribution in [-0.2, 0) is 10.4 Å². The Balaban J connectivity index is 1.52. The molecule has 0 spiro atoms. The predicted molar refractivity (Wildman–Crippen MR) is 90.8 cm³/mol. The predicted octanol–water partition coefficient (Wildman–Crippen LogP) is 3.08. The molecule has 2 aliphatic rings. The van der Waals surface area contributed by atoms with Crippen molar-refractivity contribution in [2.24, 2.45) is 5.92 Å². The molecular weight excluding hydrogens is 294 g/mol. The Morgan fingerprint density at radius 3 is 2.50 bits per heavy atom. The maximum atomic E-state index is 12.1. The van der Waals surface area contributed by atoms with Crippen LogP contribution in [0.25, 0.3) is 0 Å². The van der Waals surface area contributed by atoms with E-state index >= 15 is 0 Å². The van der Waals surface area contributed by atoms with Crippen LogP contribution in [-0.4, -0.2) is 28.6 Å². The lowest BCUT2D eigenvalue weighted by Gasteiger charge is -2.29. The highest BCUT2D eigenvalue weighted by Crippen LogP contribution is 2.45. The highest BCUT2D eigenvalue weighted by atomic mass is 32.2. The molecule has 0 bridgehead atoms. The number of aliphatic hydroxyl groups is 1. The van der Waals surface area contributed by atoms with E-state index in [4.69, 9.17) is 0 Å². The van der Waals surface area contributed by atoms with E-state index < -0.39 is 5.60 Å². The Morgan fingerprint density at radius 2 is 1.86 bits per heavy atom. The number of nitrogens with one attached hydrogen (secondary N) is 1. The molecule has 1 aromatic rings. The lowest BCUT2D eigenvalue weighted by atomic mass is 9.88. The SMILES string of the molecule is O=C(CSC1CCCC1)NC[C@@](O)(c1ccccc1)C1CC1. The molecule has 4 heteroatoms. The van der Waals surface area contributed by atoms with Gasteiger partial charge in [-0.05, 0) is 37.2 Å². The fraction of sp³-hybridized carbons (Fsp3) is 0.611. The first-order valence-electron chi connectivity index (χ1n) is 8.35. The monoisotopic (exact) mass is 319 g/mol. The third-order valence-corrected chi connectivity index (χ3v) is 6.21. The van der Waals surface area contributed by atoms with Gasteiger partial charge in [-0.15, -0.1) is 11.8 Å². The number of carbonyl (C=O) groups is 1. The van der Waals surface area contributed by atoms with Crippen LogP contribution in [0, 0.1) is 5.92 Å². The smallest absolute Gasteiger partial charge is 0.230 e. The van der Waals surface area contributed by atoms with Crippen molar-refractivity contribution < 1.29 is 9.90 Å². The van der Waals surface area contributed by atoms with Gasteiger partial charge in [0.2, 0.25) is 5.91 Å². The van der Waals surface area contributed by atoms with Crippen LogP contribution in [0.5, 0.6) is 0 Å². The molecule has 2 saturated carbocycles. The fourth-order valence-corrected chi connectivity index (χ4v) is 4.46. The molecular formula is C18H25NO2S. The van der Waals surface area contributed by atoms with Gasteiger partial charge in [-0.25, -0.2) is 0 Å². The van der Waals surface area contributed by atoms with Crippen LogP contribution in [0.4, 0.5) is 0 Å². The van der Waals surface area contributed by atoms with Crippen molar-refractivity contribution in [3.63, 3.8) is 0 Å².